The van der Waals surface area contributed by atoms with E-state index < -0.39 is 0 Å². The topological polar surface area (TPSA) is 52.7 Å². The first-order valence-corrected chi connectivity index (χ1v) is 6.53. The van der Waals surface area contributed by atoms with Gasteiger partial charge in [0.1, 0.15) is 0 Å². The molecular weight excluding hydrogens is 218 g/mol. The normalized spacial score (nSPS) is 21.1. The van der Waals surface area contributed by atoms with Crippen molar-refractivity contribution in [1.29, 1.82) is 0 Å². The molecule has 5 nitrogen and oxygen atoms in total. The molecule has 2 heterocycles. The molecule has 0 aromatic rings. The molecule has 0 saturated carbocycles. The summed E-state index contributed by atoms with van der Waals surface area (Å²) in [5, 5.41) is 3.23. The van der Waals surface area contributed by atoms with Gasteiger partial charge in [-0.3, -0.25) is 9.59 Å². The monoisotopic (exact) mass is 239 g/mol. The van der Waals surface area contributed by atoms with Gasteiger partial charge in [0.25, 0.3) is 0 Å². The summed E-state index contributed by atoms with van der Waals surface area (Å²) in [5.41, 5.74) is 0. The van der Waals surface area contributed by atoms with Crippen molar-refractivity contribution in [2.75, 3.05) is 39.3 Å². The predicted molar refractivity (Wildman–Crippen MR) is 64.5 cm³/mol. The van der Waals surface area contributed by atoms with E-state index in [-0.39, 0.29) is 11.8 Å². The third-order valence-electron chi connectivity index (χ3n) is 3.46. The van der Waals surface area contributed by atoms with Crippen LogP contribution in [0, 0.1) is 0 Å². The van der Waals surface area contributed by atoms with E-state index in [1.807, 2.05) is 9.80 Å². The van der Waals surface area contributed by atoms with Gasteiger partial charge in [-0.1, -0.05) is 0 Å². The minimum Gasteiger partial charge on any atom is -0.343 e. The van der Waals surface area contributed by atoms with Gasteiger partial charge in [0.2, 0.25) is 11.8 Å². The van der Waals surface area contributed by atoms with Crippen molar-refractivity contribution in [3.63, 3.8) is 0 Å². The molecule has 0 aromatic heterocycles. The average molecular weight is 239 g/mol. The Bertz CT molecular complexity index is 287. The highest BCUT2D eigenvalue weighted by Crippen LogP contribution is 2.11. The zero-order chi connectivity index (χ0) is 12.1. The van der Waals surface area contributed by atoms with E-state index in [4.69, 9.17) is 0 Å². The maximum Gasteiger partial charge on any atom is 0.222 e. The minimum atomic E-state index is 0.234. The summed E-state index contributed by atoms with van der Waals surface area (Å²) < 4.78 is 0. The fourth-order valence-corrected chi connectivity index (χ4v) is 2.43. The SMILES string of the molecule is O=C1CCCN1CCCC(=O)N1CCNCC1. The molecule has 5 heteroatoms. The van der Waals surface area contributed by atoms with E-state index in [0.717, 1.165) is 52.1 Å². The first-order chi connectivity index (χ1) is 8.27. The maximum absolute atomic E-state index is 11.8. The zero-order valence-corrected chi connectivity index (χ0v) is 10.3. The van der Waals surface area contributed by atoms with Gasteiger partial charge in [-0.2, -0.15) is 0 Å². The average Bonchev–Trinajstić information content (AvgIpc) is 2.76. The first-order valence-electron chi connectivity index (χ1n) is 6.53. The summed E-state index contributed by atoms with van der Waals surface area (Å²) in [7, 11) is 0. The molecular formula is C12H21N3O2. The predicted octanol–water partition coefficient (Wildman–Crippen LogP) is -0.179. The molecule has 0 unspecified atom stereocenters. The lowest BCUT2D eigenvalue weighted by Gasteiger charge is -2.27. The zero-order valence-electron chi connectivity index (χ0n) is 10.3. The molecule has 0 bridgehead atoms. The summed E-state index contributed by atoms with van der Waals surface area (Å²) >= 11 is 0. The van der Waals surface area contributed by atoms with Gasteiger partial charge in [0.15, 0.2) is 0 Å². The van der Waals surface area contributed by atoms with Gasteiger partial charge in [0.05, 0.1) is 0 Å². The fourth-order valence-electron chi connectivity index (χ4n) is 2.43. The lowest BCUT2D eigenvalue weighted by molar-refractivity contribution is -0.133. The fraction of sp³-hybridized carbons (Fsp3) is 0.833. The van der Waals surface area contributed by atoms with Crippen molar-refractivity contribution in [2.24, 2.45) is 0 Å². The summed E-state index contributed by atoms with van der Waals surface area (Å²) in [6.45, 7) is 5.06. The van der Waals surface area contributed by atoms with E-state index in [9.17, 15) is 9.59 Å². The minimum absolute atomic E-state index is 0.234. The van der Waals surface area contributed by atoms with Crippen LogP contribution in [0.3, 0.4) is 0 Å². The Labute approximate surface area is 102 Å². The van der Waals surface area contributed by atoms with Crippen LogP contribution in [0.5, 0.6) is 0 Å². The van der Waals surface area contributed by atoms with Gasteiger partial charge in [-0.05, 0) is 12.8 Å². The number of likely N-dealkylation sites (tertiary alicyclic amines) is 1. The number of carbonyl (C=O) groups excluding carboxylic acids is 2. The van der Waals surface area contributed by atoms with Crippen LogP contribution < -0.4 is 5.32 Å². The Morgan fingerprint density at radius 2 is 2.00 bits per heavy atom. The molecule has 2 fully saturated rings. The van der Waals surface area contributed by atoms with Crippen LogP contribution in [0.4, 0.5) is 0 Å². The number of carbonyl (C=O) groups is 2. The molecule has 96 valence electrons. The highest BCUT2D eigenvalue weighted by Gasteiger charge is 2.20. The Hall–Kier alpha value is -1.10. The van der Waals surface area contributed by atoms with Gasteiger partial charge in [-0.25, -0.2) is 0 Å². The van der Waals surface area contributed by atoms with E-state index in [0.29, 0.717) is 12.8 Å². The molecule has 1 N–H and O–H groups in total. The van der Waals surface area contributed by atoms with Crippen LogP contribution >= 0.6 is 0 Å². The maximum atomic E-state index is 11.8. The summed E-state index contributed by atoms with van der Waals surface area (Å²) in [4.78, 5) is 27.0. The summed E-state index contributed by atoms with van der Waals surface area (Å²) in [6.07, 6.45) is 3.04. The number of hydrogen-bond donors (Lipinski definition) is 1. The number of piperazine rings is 1. The second kappa shape index (κ2) is 6.00. The van der Waals surface area contributed by atoms with Gasteiger partial charge >= 0.3 is 0 Å². The first kappa shape index (κ1) is 12.4. The Morgan fingerprint density at radius 3 is 2.65 bits per heavy atom. The molecule has 2 amide bonds. The molecule has 2 saturated heterocycles. The van der Waals surface area contributed by atoms with Crippen LogP contribution in [0.2, 0.25) is 0 Å². The largest absolute Gasteiger partial charge is 0.343 e. The van der Waals surface area contributed by atoms with Crippen molar-refractivity contribution >= 4 is 11.8 Å². The number of nitrogens with zero attached hydrogens (tertiary/aromatic N) is 2. The number of rotatable bonds is 4. The van der Waals surface area contributed by atoms with Crippen LogP contribution in [0.1, 0.15) is 25.7 Å². The van der Waals surface area contributed by atoms with Crippen molar-refractivity contribution in [1.82, 2.24) is 15.1 Å². The summed E-state index contributed by atoms with van der Waals surface area (Å²) in [6, 6.07) is 0. The van der Waals surface area contributed by atoms with E-state index in [2.05, 4.69) is 5.32 Å². The number of nitrogens with one attached hydrogen (secondary N) is 1. The molecule has 17 heavy (non-hydrogen) atoms. The van der Waals surface area contributed by atoms with E-state index in [1.54, 1.807) is 0 Å². The van der Waals surface area contributed by atoms with Crippen molar-refractivity contribution in [3.8, 4) is 0 Å². The molecule has 2 aliphatic rings. The van der Waals surface area contributed by atoms with Crippen LogP contribution in [0.15, 0.2) is 0 Å². The second-order valence-corrected chi connectivity index (χ2v) is 4.72. The third-order valence-corrected chi connectivity index (χ3v) is 3.46. The van der Waals surface area contributed by atoms with Gasteiger partial charge in [0, 0.05) is 52.1 Å². The van der Waals surface area contributed by atoms with Crippen LogP contribution in [0.25, 0.3) is 0 Å². The number of hydrogen-bond acceptors (Lipinski definition) is 3. The highest BCUT2D eigenvalue weighted by atomic mass is 16.2. The lowest BCUT2D eigenvalue weighted by atomic mass is 10.2. The molecule has 0 spiro atoms. The molecule has 0 aliphatic carbocycles. The summed E-state index contributed by atoms with van der Waals surface area (Å²) in [5.74, 6) is 0.484. The third kappa shape index (κ3) is 3.43. The lowest BCUT2D eigenvalue weighted by Crippen LogP contribution is -2.46. The molecule has 2 aliphatic heterocycles. The van der Waals surface area contributed by atoms with Crippen LogP contribution in [-0.2, 0) is 9.59 Å². The quantitative estimate of drug-likeness (QED) is 0.740. The van der Waals surface area contributed by atoms with Crippen molar-refractivity contribution < 1.29 is 9.59 Å². The molecule has 0 aromatic carbocycles. The highest BCUT2D eigenvalue weighted by molar-refractivity contribution is 5.78. The van der Waals surface area contributed by atoms with E-state index >= 15 is 0 Å². The van der Waals surface area contributed by atoms with E-state index in [1.165, 1.54) is 0 Å². The Kier molecular flexibility index (Phi) is 4.36. The van der Waals surface area contributed by atoms with Crippen molar-refractivity contribution in [2.45, 2.75) is 25.7 Å². The second-order valence-electron chi connectivity index (χ2n) is 4.72. The smallest absolute Gasteiger partial charge is 0.222 e. The Morgan fingerprint density at radius 1 is 1.24 bits per heavy atom. The molecule has 0 radical (unpaired) electrons. The number of amides is 2. The van der Waals surface area contributed by atoms with Gasteiger partial charge < -0.3 is 15.1 Å². The molecule has 2 rings (SSSR count). The van der Waals surface area contributed by atoms with Crippen molar-refractivity contribution in [3.05, 3.63) is 0 Å². The molecule has 0 atom stereocenters. The van der Waals surface area contributed by atoms with Crippen LogP contribution in [-0.4, -0.2) is 60.9 Å². The Balaban J connectivity index is 1.64. The standard InChI is InChI=1S/C12H21N3O2/c16-11-3-1-7-14(11)8-2-4-12(17)15-9-5-13-6-10-15/h13H,1-10H2. The van der Waals surface area contributed by atoms with Gasteiger partial charge in [-0.15, -0.1) is 0 Å².